The number of aliphatic carboxylic acids is 1. The van der Waals surface area contributed by atoms with E-state index < -0.39 is 89.2 Å². The number of nitrogens with one attached hydrogen (secondary N) is 1. The number of phenols is 2. The van der Waals surface area contributed by atoms with Gasteiger partial charge in [-0.25, -0.2) is 9.78 Å². The second-order valence-electron chi connectivity index (χ2n) is 16.2. The highest BCUT2D eigenvalue weighted by molar-refractivity contribution is 6.13. The highest BCUT2D eigenvalue weighted by atomic mass is 16.8. The second kappa shape index (κ2) is 16.0. The first-order valence-corrected chi connectivity index (χ1v) is 20.0. The zero-order chi connectivity index (χ0) is 43.4. The number of aliphatic hydroxyl groups is 6. The highest BCUT2D eigenvalue weighted by Gasteiger charge is 2.69. The fourth-order valence-corrected chi connectivity index (χ4v) is 10.2. The minimum absolute atomic E-state index is 0.00336. The SMILES string of the molecule is NC1CCCC1(c1ccccc1)C1C(CCO)=CC2(C(=O)O)C1c1cc(O)c(OC3(O)OC(CO)C(O)C(O)C3O)cc1N2C(=O)C=Cc1ccc(O)c(Cc2cnc[nH]2)c1. The molecule has 2 aliphatic carbocycles. The summed E-state index contributed by atoms with van der Waals surface area (Å²) in [6.07, 6.45) is 1.53. The summed E-state index contributed by atoms with van der Waals surface area (Å²) in [5.74, 6) is -8.57. The molecule has 3 heterocycles. The molecule has 12 N–H and O–H groups in total. The third kappa shape index (κ3) is 6.77. The van der Waals surface area contributed by atoms with Crippen LogP contribution < -0.4 is 15.4 Å². The molecule has 0 spiro atoms. The number of nitrogens with zero attached hydrogens (tertiary/aromatic N) is 2. The number of aromatic nitrogens is 2. The van der Waals surface area contributed by atoms with E-state index in [1.807, 2.05) is 30.3 Å². The number of anilines is 1. The Morgan fingerprint density at radius 1 is 1.02 bits per heavy atom. The zero-order valence-electron chi connectivity index (χ0n) is 32.8. The van der Waals surface area contributed by atoms with E-state index >= 15 is 0 Å². The first-order valence-electron chi connectivity index (χ1n) is 20.0. The number of hydrogen-bond acceptors (Lipinski definition) is 14. The maximum atomic E-state index is 14.9. The molecule has 2 aliphatic heterocycles. The first kappa shape index (κ1) is 42.1. The minimum Gasteiger partial charge on any atom is -0.508 e. The number of carboxylic acids is 1. The smallest absolute Gasteiger partial charge is 0.355 e. The number of ether oxygens (including phenoxy) is 2. The van der Waals surface area contributed by atoms with Crippen LogP contribution in [0, 0.1) is 5.92 Å². The minimum atomic E-state index is -3.16. The average Bonchev–Trinajstić information content (AvgIpc) is 4.03. The topological polar surface area (TPSA) is 293 Å². The van der Waals surface area contributed by atoms with Crippen molar-refractivity contribution in [2.24, 2.45) is 11.7 Å². The van der Waals surface area contributed by atoms with Crippen LogP contribution >= 0.6 is 0 Å². The van der Waals surface area contributed by atoms with Crippen molar-refractivity contribution in [2.45, 2.75) is 85.4 Å². The normalized spacial score (nSPS) is 31.9. The van der Waals surface area contributed by atoms with Gasteiger partial charge in [0, 0.05) is 65.9 Å². The predicted octanol–water partition coefficient (Wildman–Crippen LogP) is 1.27. The Labute approximate surface area is 349 Å². The Kier molecular flexibility index (Phi) is 11.0. The Morgan fingerprint density at radius 3 is 2.44 bits per heavy atom. The predicted molar refractivity (Wildman–Crippen MR) is 216 cm³/mol. The molecule has 1 saturated carbocycles. The highest BCUT2D eigenvalue weighted by Crippen LogP contribution is 2.66. The quantitative estimate of drug-likeness (QED) is 0.0544. The molecular weight excluding hydrogens is 792 g/mol. The number of carbonyl (C=O) groups excluding carboxylic acids is 1. The van der Waals surface area contributed by atoms with Crippen LogP contribution in [0.3, 0.4) is 0 Å². The average molecular weight is 841 g/mol. The number of rotatable bonds is 12. The maximum absolute atomic E-state index is 14.9. The largest absolute Gasteiger partial charge is 0.508 e. The molecule has 10 atom stereocenters. The monoisotopic (exact) mass is 840 g/mol. The van der Waals surface area contributed by atoms with Gasteiger partial charge in [-0.1, -0.05) is 48.4 Å². The van der Waals surface area contributed by atoms with Crippen molar-refractivity contribution in [3.8, 4) is 17.2 Å². The van der Waals surface area contributed by atoms with Crippen LogP contribution in [-0.2, 0) is 26.2 Å². The van der Waals surface area contributed by atoms with Crippen molar-refractivity contribution in [2.75, 3.05) is 18.1 Å². The Bertz CT molecular complexity index is 2360. The van der Waals surface area contributed by atoms with Gasteiger partial charge in [-0.3, -0.25) is 9.69 Å². The van der Waals surface area contributed by atoms with E-state index in [4.69, 9.17) is 15.2 Å². The van der Waals surface area contributed by atoms with Crippen LogP contribution in [0.5, 0.6) is 17.2 Å². The Balaban J connectivity index is 1.30. The molecule has 1 aromatic heterocycles. The van der Waals surface area contributed by atoms with Gasteiger partial charge in [-0.05, 0) is 66.3 Å². The molecule has 1 saturated heterocycles. The van der Waals surface area contributed by atoms with E-state index in [2.05, 4.69) is 9.97 Å². The van der Waals surface area contributed by atoms with Crippen molar-refractivity contribution in [1.82, 2.24) is 9.97 Å². The van der Waals surface area contributed by atoms with Gasteiger partial charge < -0.3 is 66.2 Å². The van der Waals surface area contributed by atoms with Gasteiger partial charge in [-0.15, -0.1) is 0 Å². The zero-order valence-corrected chi connectivity index (χ0v) is 32.8. The van der Waals surface area contributed by atoms with Gasteiger partial charge >= 0.3 is 11.9 Å². The summed E-state index contributed by atoms with van der Waals surface area (Å²) in [6, 6.07) is 16.0. The summed E-state index contributed by atoms with van der Waals surface area (Å²) in [5, 5.41) is 97.1. The molecule has 2 fully saturated rings. The molecule has 3 aromatic carbocycles. The van der Waals surface area contributed by atoms with Crippen molar-refractivity contribution < 1.29 is 65.0 Å². The number of aromatic hydroxyl groups is 2. The molecule has 0 radical (unpaired) electrons. The number of H-pyrrole nitrogens is 1. The molecule has 4 aromatic rings. The standard InChI is InChI=1S/C44H48N4O13/c45-34-7-4-13-42(34,26-5-2-1-3-6-26)36-24(12-14-49)19-43(41(57)58)37(36)28-17-31(52)32(60-44(59)40(56)39(55)38(54)33(21-50)61-44)18-29(28)48(43)35(53)11-9-23-8-10-30(51)25(15-23)16-27-20-46-22-47-27/h1-3,5-6,8-11,15,17-20,22,33-34,36-40,49-52,54-56,59H,4,7,12-14,16,21,45H2,(H,46,47)(H,57,58). The number of benzene rings is 3. The number of fused-ring (bicyclic) bond motifs is 3. The molecule has 0 bridgehead atoms. The summed E-state index contributed by atoms with van der Waals surface area (Å²) >= 11 is 0. The number of aliphatic hydroxyl groups excluding tert-OH is 5. The summed E-state index contributed by atoms with van der Waals surface area (Å²) in [5.41, 5.74) is 7.24. The number of phenolic OH excluding ortho intramolecular Hbond substituents is 2. The van der Waals surface area contributed by atoms with E-state index in [1.54, 1.807) is 18.3 Å². The Morgan fingerprint density at radius 2 is 1.79 bits per heavy atom. The van der Waals surface area contributed by atoms with Gasteiger partial charge in [0.05, 0.1) is 18.6 Å². The summed E-state index contributed by atoms with van der Waals surface area (Å²) < 4.78 is 10.9. The second-order valence-corrected chi connectivity index (χ2v) is 16.2. The molecule has 17 heteroatoms. The maximum Gasteiger partial charge on any atom is 0.355 e. The van der Waals surface area contributed by atoms with Crippen LogP contribution in [0.15, 0.2) is 90.9 Å². The van der Waals surface area contributed by atoms with Crippen molar-refractivity contribution >= 4 is 23.6 Å². The lowest BCUT2D eigenvalue weighted by Gasteiger charge is -2.45. The van der Waals surface area contributed by atoms with Crippen molar-refractivity contribution in [3.63, 3.8) is 0 Å². The van der Waals surface area contributed by atoms with Gasteiger partial charge in [0.1, 0.15) is 24.1 Å². The molecule has 61 heavy (non-hydrogen) atoms. The van der Waals surface area contributed by atoms with Crippen LogP contribution in [0.2, 0.25) is 0 Å². The van der Waals surface area contributed by atoms with E-state index in [9.17, 15) is 55.5 Å². The third-order valence-electron chi connectivity index (χ3n) is 12.9. The van der Waals surface area contributed by atoms with E-state index in [1.165, 1.54) is 36.7 Å². The lowest BCUT2D eigenvalue weighted by Crippen LogP contribution is -2.67. The molecule has 322 valence electrons. The number of carboxylic acid groups (broad SMARTS) is 1. The molecule has 17 nitrogen and oxygen atoms in total. The van der Waals surface area contributed by atoms with Crippen LogP contribution in [0.4, 0.5) is 5.69 Å². The van der Waals surface area contributed by atoms with E-state index in [0.717, 1.165) is 22.2 Å². The van der Waals surface area contributed by atoms with Crippen LogP contribution in [0.25, 0.3) is 6.08 Å². The van der Waals surface area contributed by atoms with Crippen molar-refractivity contribution in [3.05, 3.63) is 119 Å². The lowest BCUT2D eigenvalue weighted by molar-refractivity contribution is -0.422. The van der Waals surface area contributed by atoms with E-state index in [0.29, 0.717) is 42.4 Å². The summed E-state index contributed by atoms with van der Waals surface area (Å²) in [6.45, 7) is -1.26. The number of nitrogens with two attached hydrogens (primary N) is 1. The van der Waals surface area contributed by atoms with Gasteiger partial charge in [0.25, 0.3) is 5.91 Å². The number of aromatic amines is 1. The van der Waals surface area contributed by atoms with Crippen LogP contribution in [-0.4, -0.2) is 123 Å². The molecule has 1 amide bonds. The first-order chi connectivity index (χ1) is 29.2. The van der Waals surface area contributed by atoms with Gasteiger partial charge in [-0.2, -0.15) is 0 Å². The molecule has 10 unspecified atom stereocenters. The number of amides is 1. The van der Waals surface area contributed by atoms with E-state index in [-0.39, 0.29) is 30.0 Å². The number of imidazole rings is 1. The van der Waals surface area contributed by atoms with Gasteiger partial charge in [0.2, 0.25) is 0 Å². The fraction of sp³-hybridized carbons (Fsp3) is 0.386. The molecule has 4 aliphatic rings. The summed E-state index contributed by atoms with van der Waals surface area (Å²) in [7, 11) is 0. The Hall–Kier alpha value is -5.63. The lowest BCUT2D eigenvalue weighted by atomic mass is 9.59. The van der Waals surface area contributed by atoms with Gasteiger partial charge in [0.15, 0.2) is 23.1 Å². The summed E-state index contributed by atoms with van der Waals surface area (Å²) in [4.78, 5) is 37.2. The third-order valence-corrected chi connectivity index (χ3v) is 12.9. The fourth-order valence-electron chi connectivity index (χ4n) is 10.2. The molecule has 8 rings (SSSR count). The number of carbonyl (C=O) groups is 2. The molecular formula is C44H48N4O13. The van der Waals surface area contributed by atoms with Crippen LogP contribution in [0.1, 0.15) is 59.5 Å². The number of hydrogen-bond donors (Lipinski definition) is 11. The van der Waals surface area contributed by atoms with Crippen molar-refractivity contribution in [1.29, 1.82) is 0 Å².